The molecule has 1 aliphatic rings. The molecule has 0 fully saturated rings. The molecule has 0 saturated carbocycles. The number of hydrogen-bond donors (Lipinski definition) is 3. The Bertz CT molecular complexity index is 1260. The summed E-state index contributed by atoms with van der Waals surface area (Å²) in [5, 5.41) is 14.1. The van der Waals surface area contributed by atoms with E-state index < -0.39 is 34.9 Å². The first kappa shape index (κ1) is 23.9. The van der Waals surface area contributed by atoms with Crippen molar-refractivity contribution in [1.82, 2.24) is 5.32 Å². The van der Waals surface area contributed by atoms with Crippen molar-refractivity contribution in [2.45, 2.75) is 31.7 Å². The molecule has 0 unspecified atom stereocenters. The van der Waals surface area contributed by atoms with Crippen molar-refractivity contribution in [1.29, 1.82) is 0 Å². The number of fused-ring (bicyclic) bond motifs is 3. The Morgan fingerprint density at radius 2 is 1.57 bits per heavy atom. The molecule has 0 aromatic heterocycles. The topological polar surface area (TPSA) is 105 Å². The first-order valence-corrected chi connectivity index (χ1v) is 11.1. The fourth-order valence-electron chi connectivity index (χ4n) is 4.33. The van der Waals surface area contributed by atoms with E-state index in [-0.39, 0.29) is 24.6 Å². The lowest BCUT2D eigenvalue weighted by atomic mass is 9.98. The third-order valence-corrected chi connectivity index (χ3v) is 5.87. The Kier molecular flexibility index (Phi) is 6.55. The zero-order valence-electron chi connectivity index (χ0n) is 19.3. The Balaban J connectivity index is 1.34. The van der Waals surface area contributed by atoms with Gasteiger partial charge in [0.1, 0.15) is 12.4 Å². The van der Waals surface area contributed by atoms with Crippen molar-refractivity contribution in [3.8, 4) is 11.1 Å². The summed E-state index contributed by atoms with van der Waals surface area (Å²) in [6.07, 6.45) is -0.763. The number of hydrogen-bond acceptors (Lipinski definition) is 4. The number of halogens is 1. The molecule has 0 saturated heterocycles. The third-order valence-electron chi connectivity index (χ3n) is 5.87. The van der Waals surface area contributed by atoms with Gasteiger partial charge in [0, 0.05) is 23.6 Å². The predicted octanol–water partition coefficient (Wildman–Crippen LogP) is 5.17. The molecule has 3 aromatic rings. The van der Waals surface area contributed by atoms with Crippen LogP contribution in [0.25, 0.3) is 11.1 Å². The van der Waals surface area contributed by atoms with Gasteiger partial charge in [-0.3, -0.25) is 4.79 Å². The van der Waals surface area contributed by atoms with Gasteiger partial charge in [-0.2, -0.15) is 0 Å². The van der Waals surface area contributed by atoms with E-state index in [0.717, 1.165) is 34.4 Å². The molecule has 0 atom stereocenters. The van der Waals surface area contributed by atoms with E-state index in [1.807, 2.05) is 36.4 Å². The fraction of sp³-hybridized carbons (Fsp3) is 0.222. The lowest BCUT2D eigenvalue weighted by Crippen LogP contribution is -2.46. The second-order valence-electron chi connectivity index (χ2n) is 9.06. The number of carboxylic acid groups (broad SMARTS) is 1. The van der Waals surface area contributed by atoms with E-state index >= 15 is 0 Å². The van der Waals surface area contributed by atoms with Gasteiger partial charge in [-0.15, -0.1) is 0 Å². The lowest BCUT2D eigenvalue weighted by Gasteiger charge is -2.26. The summed E-state index contributed by atoms with van der Waals surface area (Å²) in [6.45, 7) is 3.49. The molecule has 4 rings (SSSR count). The van der Waals surface area contributed by atoms with Crippen molar-refractivity contribution >= 4 is 23.7 Å². The summed E-state index contributed by atoms with van der Waals surface area (Å²) in [4.78, 5) is 35.9. The standard InChI is InChI=1S/C27H25FN2O5/c1-27(2,14-24(31)29-16-11-12-21(25(32)33)23(28)13-16)30-26(34)35-15-22-19-9-5-3-7-17(19)18-8-4-6-10-20(18)22/h3-13,22H,14-15H2,1-2H3,(H,29,31)(H,30,34)(H,32,33). The summed E-state index contributed by atoms with van der Waals surface area (Å²) in [5.41, 5.74) is 3.13. The summed E-state index contributed by atoms with van der Waals surface area (Å²) < 4.78 is 19.4. The molecule has 35 heavy (non-hydrogen) atoms. The van der Waals surface area contributed by atoms with Crippen molar-refractivity contribution in [2.24, 2.45) is 0 Å². The van der Waals surface area contributed by atoms with Crippen LogP contribution in [-0.2, 0) is 9.53 Å². The van der Waals surface area contributed by atoms with Crippen LogP contribution in [-0.4, -0.2) is 35.2 Å². The normalized spacial score (nSPS) is 12.4. The molecular weight excluding hydrogens is 451 g/mol. The number of ether oxygens (including phenoxy) is 1. The van der Waals surface area contributed by atoms with Crippen LogP contribution >= 0.6 is 0 Å². The molecule has 3 N–H and O–H groups in total. The number of nitrogens with one attached hydrogen (secondary N) is 2. The number of amides is 2. The zero-order valence-corrected chi connectivity index (χ0v) is 19.3. The number of carbonyl (C=O) groups is 3. The molecule has 7 nitrogen and oxygen atoms in total. The molecule has 8 heteroatoms. The number of aromatic carboxylic acids is 1. The Labute approximate surface area is 201 Å². The largest absolute Gasteiger partial charge is 0.478 e. The maximum absolute atomic E-state index is 13.9. The second kappa shape index (κ2) is 9.58. The van der Waals surface area contributed by atoms with E-state index in [0.29, 0.717) is 0 Å². The lowest BCUT2D eigenvalue weighted by molar-refractivity contribution is -0.117. The van der Waals surface area contributed by atoms with E-state index in [4.69, 9.17) is 9.84 Å². The molecular formula is C27H25FN2O5. The van der Waals surface area contributed by atoms with Gasteiger partial charge < -0.3 is 20.5 Å². The maximum Gasteiger partial charge on any atom is 0.407 e. The first-order chi connectivity index (χ1) is 16.6. The van der Waals surface area contributed by atoms with Gasteiger partial charge in [0.15, 0.2) is 0 Å². The number of anilines is 1. The molecule has 180 valence electrons. The summed E-state index contributed by atoms with van der Waals surface area (Å²) in [6, 6.07) is 19.4. The van der Waals surface area contributed by atoms with Crippen molar-refractivity contribution in [3.05, 3.63) is 89.2 Å². The number of benzene rings is 3. The van der Waals surface area contributed by atoms with Crippen LogP contribution in [0.4, 0.5) is 14.9 Å². The molecule has 0 bridgehead atoms. The van der Waals surface area contributed by atoms with Gasteiger partial charge in [-0.1, -0.05) is 48.5 Å². The molecule has 3 aromatic carbocycles. The highest BCUT2D eigenvalue weighted by Gasteiger charge is 2.30. The van der Waals surface area contributed by atoms with Crippen LogP contribution in [0.5, 0.6) is 0 Å². The van der Waals surface area contributed by atoms with Crippen molar-refractivity contribution in [2.75, 3.05) is 11.9 Å². The molecule has 1 aliphatic carbocycles. The monoisotopic (exact) mass is 476 g/mol. The van der Waals surface area contributed by atoms with Crippen LogP contribution in [0, 0.1) is 5.82 Å². The highest BCUT2D eigenvalue weighted by molar-refractivity contribution is 5.93. The summed E-state index contributed by atoms with van der Waals surface area (Å²) in [7, 11) is 0. The molecule has 0 spiro atoms. The van der Waals surface area contributed by atoms with Crippen LogP contribution < -0.4 is 10.6 Å². The molecule has 2 amide bonds. The Morgan fingerprint density at radius 1 is 0.971 bits per heavy atom. The zero-order chi connectivity index (χ0) is 25.2. The summed E-state index contributed by atoms with van der Waals surface area (Å²) >= 11 is 0. The van der Waals surface area contributed by atoms with E-state index in [1.54, 1.807) is 13.8 Å². The van der Waals surface area contributed by atoms with Gasteiger partial charge in [0.05, 0.1) is 5.56 Å². The van der Waals surface area contributed by atoms with Crippen LogP contribution in [0.2, 0.25) is 0 Å². The number of carboxylic acids is 1. The van der Waals surface area contributed by atoms with Gasteiger partial charge in [0.2, 0.25) is 5.91 Å². The van der Waals surface area contributed by atoms with E-state index in [2.05, 4.69) is 22.8 Å². The van der Waals surface area contributed by atoms with Crippen LogP contribution in [0.3, 0.4) is 0 Å². The Hall–Kier alpha value is -4.20. The van der Waals surface area contributed by atoms with E-state index in [9.17, 15) is 18.8 Å². The minimum absolute atomic E-state index is 0.0803. The van der Waals surface area contributed by atoms with Crippen LogP contribution in [0.1, 0.15) is 47.7 Å². The van der Waals surface area contributed by atoms with Crippen molar-refractivity contribution in [3.63, 3.8) is 0 Å². The predicted molar refractivity (Wildman–Crippen MR) is 129 cm³/mol. The van der Waals surface area contributed by atoms with Crippen molar-refractivity contribution < 1.29 is 28.6 Å². The fourth-order valence-corrected chi connectivity index (χ4v) is 4.33. The molecule has 0 aliphatic heterocycles. The Morgan fingerprint density at radius 3 is 2.14 bits per heavy atom. The molecule has 0 radical (unpaired) electrons. The minimum atomic E-state index is -1.39. The quantitative estimate of drug-likeness (QED) is 0.436. The van der Waals surface area contributed by atoms with Gasteiger partial charge in [-0.05, 0) is 54.3 Å². The smallest absolute Gasteiger partial charge is 0.407 e. The van der Waals surface area contributed by atoms with Crippen LogP contribution in [0.15, 0.2) is 66.7 Å². The third kappa shape index (κ3) is 5.32. The van der Waals surface area contributed by atoms with Gasteiger partial charge in [0.25, 0.3) is 0 Å². The number of alkyl carbamates (subject to hydrolysis) is 1. The minimum Gasteiger partial charge on any atom is -0.478 e. The highest BCUT2D eigenvalue weighted by Crippen LogP contribution is 2.44. The van der Waals surface area contributed by atoms with Gasteiger partial charge in [-0.25, -0.2) is 14.0 Å². The molecule has 0 heterocycles. The van der Waals surface area contributed by atoms with E-state index in [1.165, 1.54) is 6.07 Å². The second-order valence-corrected chi connectivity index (χ2v) is 9.06. The number of carbonyl (C=O) groups excluding carboxylic acids is 2. The first-order valence-electron chi connectivity index (χ1n) is 11.1. The van der Waals surface area contributed by atoms with Gasteiger partial charge >= 0.3 is 12.1 Å². The number of rotatable bonds is 7. The maximum atomic E-state index is 13.9. The highest BCUT2D eigenvalue weighted by atomic mass is 19.1. The average molecular weight is 477 g/mol. The SMILES string of the molecule is CC(C)(CC(=O)Nc1ccc(C(=O)O)c(F)c1)NC(=O)OCC1c2ccccc2-c2ccccc21. The average Bonchev–Trinajstić information content (AvgIpc) is 3.10. The summed E-state index contributed by atoms with van der Waals surface area (Å²) in [5.74, 6) is -2.90.